The summed E-state index contributed by atoms with van der Waals surface area (Å²) in [6.07, 6.45) is -0.739. The Kier molecular flexibility index (Phi) is 2.69. The van der Waals surface area contributed by atoms with Crippen LogP contribution in [0.2, 0.25) is 0 Å². The lowest BCUT2D eigenvalue weighted by atomic mass is 10.1. The Morgan fingerprint density at radius 3 is 2.50 bits per heavy atom. The molecule has 1 atom stereocenters. The molecule has 0 aromatic heterocycles. The molecule has 1 rings (SSSR count). The molecule has 1 unspecified atom stereocenters. The highest BCUT2D eigenvalue weighted by molar-refractivity contribution is 9.10. The van der Waals surface area contributed by atoms with E-state index in [1.807, 2.05) is 0 Å². The van der Waals surface area contributed by atoms with Gasteiger partial charge in [0.1, 0.15) is 0 Å². The number of halogens is 2. The summed E-state index contributed by atoms with van der Waals surface area (Å²) in [5.74, 6) is -1.17. The second kappa shape index (κ2) is 3.41. The maximum absolute atomic E-state index is 12.8. The van der Waals surface area contributed by atoms with Crippen LogP contribution in [0.3, 0.4) is 0 Å². The van der Waals surface area contributed by atoms with Gasteiger partial charge in [-0.2, -0.15) is 0 Å². The Balaban J connectivity index is 3.21. The molecule has 1 aromatic carbocycles. The van der Waals surface area contributed by atoms with Crippen molar-refractivity contribution >= 4 is 15.9 Å². The molecular weight excluding hydrogens is 227 g/mol. The van der Waals surface area contributed by atoms with E-state index in [0.29, 0.717) is 5.56 Å². The average molecular weight is 235 g/mol. The van der Waals surface area contributed by atoms with Crippen LogP contribution in [0.4, 0.5) is 4.39 Å². The van der Waals surface area contributed by atoms with Gasteiger partial charge in [-0.1, -0.05) is 0 Å². The first kappa shape index (κ1) is 9.48. The van der Waals surface area contributed by atoms with Crippen LogP contribution in [0.15, 0.2) is 16.6 Å². The van der Waals surface area contributed by atoms with E-state index in [-0.39, 0.29) is 4.47 Å². The van der Waals surface area contributed by atoms with Crippen LogP contribution in [0.25, 0.3) is 0 Å². The van der Waals surface area contributed by atoms with E-state index >= 15 is 0 Å². The van der Waals surface area contributed by atoms with Crippen molar-refractivity contribution < 1.29 is 14.6 Å². The first-order chi connectivity index (χ1) is 5.52. The van der Waals surface area contributed by atoms with Crippen LogP contribution in [-0.4, -0.2) is 10.2 Å². The van der Waals surface area contributed by atoms with E-state index in [4.69, 9.17) is 10.2 Å². The molecule has 0 aliphatic rings. The summed E-state index contributed by atoms with van der Waals surface area (Å²) in [4.78, 5) is 0. The Labute approximate surface area is 77.8 Å². The Hall–Kier alpha value is -0.610. The average Bonchev–Trinajstić information content (AvgIpc) is 1.99. The zero-order valence-corrected chi connectivity index (χ0v) is 7.97. The summed E-state index contributed by atoms with van der Waals surface area (Å²) in [5.41, 5.74) is 0.428. The van der Waals surface area contributed by atoms with Gasteiger partial charge in [-0.25, -0.2) is 4.39 Å². The maximum atomic E-state index is 12.8. The number of aliphatic hydroxyl groups is 1. The van der Waals surface area contributed by atoms with Crippen molar-refractivity contribution in [3.63, 3.8) is 0 Å². The quantitative estimate of drug-likeness (QED) is 0.784. The molecule has 0 radical (unpaired) electrons. The molecular formula is C8H8BrFO2. The van der Waals surface area contributed by atoms with E-state index in [0.717, 1.165) is 6.07 Å². The molecule has 2 N–H and O–H groups in total. The molecule has 12 heavy (non-hydrogen) atoms. The van der Waals surface area contributed by atoms with Crippen LogP contribution in [0.5, 0.6) is 5.75 Å². The predicted molar refractivity (Wildman–Crippen MR) is 46.4 cm³/mol. The molecule has 2 nitrogen and oxygen atoms in total. The molecule has 0 amide bonds. The summed E-state index contributed by atoms with van der Waals surface area (Å²) in [6, 6.07) is 2.58. The van der Waals surface area contributed by atoms with Crippen LogP contribution in [0.1, 0.15) is 18.6 Å². The van der Waals surface area contributed by atoms with Gasteiger partial charge in [0.25, 0.3) is 0 Å². The summed E-state index contributed by atoms with van der Waals surface area (Å²) >= 11 is 2.96. The number of hydrogen-bond donors (Lipinski definition) is 2. The van der Waals surface area contributed by atoms with Crippen molar-refractivity contribution in [1.29, 1.82) is 0 Å². The van der Waals surface area contributed by atoms with E-state index < -0.39 is 17.7 Å². The third-order valence-electron chi connectivity index (χ3n) is 1.52. The molecule has 0 bridgehead atoms. The molecule has 0 aliphatic heterocycles. The number of rotatable bonds is 1. The van der Waals surface area contributed by atoms with Crippen molar-refractivity contribution in [2.24, 2.45) is 0 Å². The second-order valence-corrected chi connectivity index (χ2v) is 3.36. The highest BCUT2D eigenvalue weighted by atomic mass is 79.9. The molecule has 1 aromatic rings. The van der Waals surface area contributed by atoms with Gasteiger partial charge in [-0.05, 0) is 40.5 Å². The molecule has 0 saturated heterocycles. The van der Waals surface area contributed by atoms with Crippen molar-refractivity contribution in [2.75, 3.05) is 0 Å². The minimum Gasteiger partial charge on any atom is -0.504 e. The second-order valence-electron chi connectivity index (χ2n) is 2.51. The fourth-order valence-corrected chi connectivity index (χ4v) is 1.28. The molecule has 0 saturated carbocycles. The number of benzene rings is 1. The monoisotopic (exact) mass is 234 g/mol. The van der Waals surface area contributed by atoms with Crippen molar-refractivity contribution in [3.8, 4) is 5.75 Å². The van der Waals surface area contributed by atoms with E-state index in [2.05, 4.69) is 15.9 Å². The molecule has 0 heterocycles. The van der Waals surface area contributed by atoms with Gasteiger partial charge in [0.15, 0.2) is 11.6 Å². The number of phenolic OH excluding ortho intramolecular Hbond substituents is 1. The topological polar surface area (TPSA) is 40.5 Å². The zero-order valence-electron chi connectivity index (χ0n) is 6.38. The van der Waals surface area contributed by atoms with Crippen LogP contribution in [0, 0.1) is 5.82 Å². The summed E-state index contributed by atoms with van der Waals surface area (Å²) in [7, 11) is 0. The first-order valence-electron chi connectivity index (χ1n) is 3.38. The normalized spacial score (nSPS) is 13.0. The lowest BCUT2D eigenvalue weighted by Crippen LogP contribution is -1.92. The number of phenols is 1. The summed E-state index contributed by atoms with van der Waals surface area (Å²) in [6.45, 7) is 1.53. The first-order valence-corrected chi connectivity index (χ1v) is 4.17. The minimum atomic E-state index is -0.739. The van der Waals surface area contributed by atoms with Gasteiger partial charge in [-0.15, -0.1) is 0 Å². The van der Waals surface area contributed by atoms with Crippen molar-refractivity contribution in [3.05, 3.63) is 28.0 Å². The number of aliphatic hydroxyl groups excluding tert-OH is 1. The smallest absolute Gasteiger partial charge is 0.166 e. The van der Waals surface area contributed by atoms with E-state index in [1.165, 1.54) is 13.0 Å². The van der Waals surface area contributed by atoms with Crippen LogP contribution in [-0.2, 0) is 0 Å². The molecule has 0 fully saturated rings. The van der Waals surface area contributed by atoms with Crippen LogP contribution < -0.4 is 0 Å². The molecule has 66 valence electrons. The minimum absolute atomic E-state index is 0.249. The number of hydrogen-bond acceptors (Lipinski definition) is 2. The van der Waals surface area contributed by atoms with Gasteiger partial charge >= 0.3 is 0 Å². The lowest BCUT2D eigenvalue weighted by Gasteiger charge is -2.06. The summed E-state index contributed by atoms with van der Waals surface area (Å²) < 4.78 is 13.1. The van der Waals surface area contributed by atoms with E-state index in [1.54, 1.807) is 0 Å². The summed E-state index contributed by atoms with van der Waals surface area (Å²) in [5, 5.41) is 18.1. The maximum Gasteiger partial charge on any atom is 0.166 e. The van der Waals surface area contributed by atoms with E-state index in [9.17, 15) is 4.39 Å². The highest BCUT2D eigenvalue weighted by Crippen LogP contribution is 2.30. The Bertz CT molecular complexity index is 276. The fourth-order valence-electron chi connectivity index (χ4n) is 0.826. The zero-order chi connectivity index (χ0) is 9.30. The third kappa shape index (κ3) is 1.76. The largest absolute Gasteiger partial charge is 0.504 e. The van der Waals surface area contributed by atoms with Crippen LogP contribution >= 0.6 is 15.9 Å². The molecule has 0 spiro atoms. The third-order valence-corrected chi connectivity index (χ3v) is 2.13. The predicted octanol–water partition coefficient (Wildman–Crippen LogP) is 2.35. The highest BCUT2D eigenvalue weighted by Gasteiger charge is 2.09. The standard InChI is InChI=1S/C8H8BrFO2/c1-4(11)5-2-6(9)8(12)7(10)3-5/h2-4,11-12H,1H3. The van der Waals surface area contributed by atoms with Crippen molar-refractivity contribution in [2.45, 2.75) is 13.0 Å². The lowest BCUT2D eigenvalue weighted by molar-refractivity contribution is 0.198. The number of aromatic hydroxyl groups is 1. The Morgan fingerprint density at radius 2 is 2.08 bits per heavy atom. The van der Waals surface area contributed by atoms with Crippen molar-refractivity contribution in [1.82, 2.24) is 0 Å². The van der Waals surface area contributed by atoms with Gasteiger partial charge in [-0.3, -0.25) is 0 Å². The van der Waals surface area contributed by atoms with Gasteiger partial charge in [0, 0.05) is 0 Å². The van der Waals surface area contributed by atoms with Gasteiger partial charge < -0.3 is 10.2 Å². The SMILES string of the molecule is CC(O)c1cc(F)c(O)c(Br)c1. The van der Waals surface area contributed by atoms with Gasteiger partial charge in [0.2, 0.25) is 0 Å². The Morgan fingerprint density at radius 1 is 1.50 bits per heavy atom. The molecule has 4 heteroatoms. The molecule has 0 aliphatic carbocycles. The fraction of sp³-hybridized carbons (Fsp3) is 0.250. The van der Waals surface area contributed by atoms with Gasteiger partial charge in [0.05, 0.1) is 10.6 Å².